The number of hydrogen-bond donors (Lipinski definition) is 2. The van der Waals surface area contributed by atoms with E-state index in [2.05, 4.69) is 24.5 Å². The van der Waals surface area contributed by atoms with Gasteiger partial charge in [0.25, 0.3) is 5.91 Å². The Bertz CT molecular complexity index is 555. The summed E-state index contributed by atoms with van der Waals surface area (Å²) in [7, 11) is 1.59. The molecule has 1 saturated carbocycles. The maximum Gasteiger partial charge on any atom is 0.305 e. The molecule has 1 fully saturated rings. The van der Waals surface area contributed by atoms with Gasteiger partial charge in [-0.3, -0.25) is 14.9 Å². The van der Waals surface area contributed by atoms with Crippen molar-refractivity contribution < 1.29 is 9.72 Å². The molecule has 2 N–H and O–H groups in total. The summed E-state index contributed by atoms with van der Waals surface area (Å²) in [6.07, 6.45) is 1.08. The minimum absolute atomic E-state index is 0.0975. The zero-order valence-electron chi connectivity index (χ0n) is 11.9. The second kappa shape index (κ2) is 5.11. The van der Waals surface area contributed by atoms with Crippen molar-refractivity contribution in [3.05, 3.63) is 33.9 Å². The third-order valence-electron chi connectivity index (χ3n) is 3.96. The highest BCUT2D eigenvalue weighted by Gasteiger charge is 2.45. The minimum Gasteiger partial charge on any atom is -0.383 e. The summed E-state index contributed by atoms with van der Waals surface area (Å²) < 4.78 is 0. The molecule has 1 aromatic rings. The highest BCUT2D eigenvalue weighted by molar-refractivity contribution is 6.00. The molecule has 6 heteroatoms. The van der Waals surface area contributed by atoms with Gasteiger partial charge in [0, 0.05) is 13.6 Å². The predicted octanol–water partition coefficient (Wildman–Crippen LogP) is 2.41. The van der Waals surface area contributed by atoms with Gasteiger partial charge in [0.1, 0.15) is 11.3 Å². The number of hydrogen-bond acceptors (Lipinski definition) is 4. The predicted molar refractivity (Wildman–Crippen MR) is 76.9 cm³/mol. The molecule has 1 aliphatic rings. The number of carbonyl (C=O) groups excluding carboxylic acids is 1. The van der Waals surface area contributed by atoms with Crippen LogP contribution in [0.1, 0.15) is 30.6 Å². The zero-order valence-corrected chi connectivity index (χ0v) is 11.9. The van der Waals surface area contributed by atoms with Gasteiger partial charge >= 0.3 is 5.69 Å². The van der Waals surface area contributed by atoms with Crippen LogP contribution in [0.5, 0.6) is 0 Å². The highest BCUT2D eigenvalue weighted by atomic mass is 16.6. The molecule has 1 aliphatic carbocycles. The van der Waals surface area contributed by atoms with Crippen LogP contribution < -0.4 is 10.6 Å². The zero-order chi connectivity index (χ0) is 14.9. The molecule has 0 bridgehead atoms. The number of anilines is 1. The van der Waals surface area contributed by atoms with Crippen LogP contribution >= 0.6 is 0 Å². The molecule has 1 amide bonds. The lowest BCUT2D eigenvalue weighted by molar-refractivity contribution is -0.384. The molecular weight excluding hydrogens is 258 g/mol. The van der Waals surface area contributed by atoms with Crippen molar-refractivity contribution in [1.82, 2.24) is 5.32 Å². The molecule has 0 aromatic heterocycles. The molecule has 1 atom stereocenters. The Morgan fingerprint density at radius 2 is 2.15 bits per heavy atom. The Balaban J connectivity index is 2.15. The Morgan fingerprint density at radius 1 is 1.50 bits per heavy atom. The first-order chi connectivity index (χ1) is 9.36. The molecule has 0 saturated heterocycles. The topological polar surface area (TPSA) is 84.3 Å². The lowest BCUT2D eigenvalue weighted by atomic mass is 10.1. The van der Waals surface area contributed by atoms with Crippen molar-refractivity contribution in [2.24, 2.45) is 11.3 Å². The van der Waals surface area contributed by atoms with Crippen molar-refractivity contribution in [2.75, 3.05) is 18.9 Å². The Morgan fingerprint density at radius 3 is 2.65 bits per heavy atom. The van der Waals surface area contributed by atoms with Crippen LogP contribution in [-0.2, 0) is 0 Å². The Hall–Kier alpha value is -2.11. The third-order valence-corrected chi connectivity index (χ3v) is 3.96. The number of rotatable bonds is 5. The summed E-state index contributed by atoms with van der Waals surface area (Å²) in [6, 6.07) is 4.69. The van der Waals surface area contributed by atoms with Crippen LogP contribution in [0.2, 0.25) is 0 Å². The first-order valence-corrected chi connectivity index (χ1v) is 6.60. The van der Waals surface area contributed by atoms with E-state index in [1.807, 2.05) is 0 Å². The number of nitro benzene ring substituents is 1. The average molecular weight is 277 g/mol. The van der Waals surface area contributed by atoms with Crippen molar-refractivity contribution in [3.63, 3.8) is 0 Å². The fourth-order valence-corrected chi connectivity index (χ4v) is 2.36. The van der Waals surface area contributed by atoms with Crippen LogP contribution in [0.15, 0.2) is 18.2 Å². The van der Waals surface area contributed by atoms with Crippen molar-refractivity contribution in [2.45, 2.75) is 20.3 Å². The van der Waals surface area contributed by atoms with Gasteiger partial charge in [-0.15, -0.1) is 0 Å². The van der Waals surface area contributed by atoms with Gasteiger partial charge in [-0.2, -0.15) is 0 Å². The number of benzene rings is 1. The van der Waals surface area contributed by atoms with Gasteiger partial charge < -0.3 is 10.6 Å². The second-order valence-electron chi connectivity index (χ2n) is 5.81. The van der Waals surface area contributed by atoms with Crippen LogP contribution in [0.4, 0.5) is 11.4 Å². The molecular formula is C14H19N3O3. The van der Waals surface area contributed by atoms with Gasteiger partial charge in [-0.1, -0.05) is 19.9 Å². The fraction of sp³-hybridized carbons (Fsp3) is 0.500. The SMILES string of the molecule is CNc1cccc(C(=O)NCC2CC2(C)C)c1[N+](=O)[O-]. The minimum atomic E-state index is -0.526. The maximum atomic E-state index is 12.1. The third kappa shape index (κ3) is 2.74. The summed E-state index contributed by atoms with van der Waals surface area (Å²) in [5.74, 6) is 0.0643. The number of para-hydroxylation sites is 1. The van der Waals surface area contributed by atoms with E-state index < -0.39 is 10.8 Å². The largest absolute Gasteiger partial charge is 0.383 e. The number of nitro groups is 1. The molecule has 0 heterocycles. The smallest absolute Gasteiger partial charge is 0.305 e. The van der Waals surface area contributed by atoms with E-state index in [1.54, 1.807) is 19.2 Å². The molecule has 1 aromatic carbocycles. The highest BCUT2D eigenvalue weighted by Crippen LogP contribution is 2.51. The van der Waals surface area contributed by atoms with Crippen LogP contribution in [0, 0.1) is 21.4 Å². The Kier molecular flexibility index (Phi) is 3.65. The standard InChI is InChI=1S/C14H19N3O3/c1-14(2)7-9(14)8-16-13(18)10-5-4-6-11(15-3)12(10)17(19)20/h4-6,9,15H,7-8H2,1-3H3,(H,16,18). The monoisotopic (exact) mass is 277 g/mol. The molecule has 0 radical (unpaired) electrons. The second-order valence-corrected chi connectivity index (χ2v) is 5.81. The Labute approximate surface area is 117 Å². The van der Waals surface area contributed by atoms with Gasteiger partial charge in [0.05, 0.1) is 4.92 Å². The molecule has 108 valence electrons. The lowest BCUT2D eigenvalue weighted by Crippen LogP contribution is -2.27. The van der Waals surface area contributed by atoms with E-state index in [0.717, 1.165) is 6.42 Å². The fourth-order valence-electron chi connectivity index (χ4n) is 2.36. The van der Waals surface area contributed by atoms with Gasteiger partial charge in [0.2, 0.25) is 0 Å². The summed E-state index contributed by atoms with van der Waals surface area (Å²) in [6.45, 7) is 4.86. The molecule has 6 nitrogen and oxygen atoms in total. The summed E-state index contributed by atoms with van der Waals surface area (Å²) in [4.78, 5) is 22.8. The maximum absolute atomic E-state index is 12.1. The van der Waals surface area contributed by atoms with Crippen molar-refractivity contribution >= 4 is 17.3 Å². The van der Waals surface area contributed by atoms with Crippen LogP contribution in [0.25, 0.3) is 0 Å². The first kappa shape index (κ1) is 14.3. The van der Waals surface area contributed by atoms with Crippen molar-refractivity contribution in [3.8, 4) is 0 Å². The van der Waals surface area contributed by atoms with Gasteiger partial charge in [0.15, 0.2) is 0 Å². The number of nitrogens with one attached hydrogen (secondary N) is 2. The molecule has 20 heavy (non-hydrogen) atoms. The number of amides is 1. The summed E-state index contributed by atoms with van der Waals surface area (Å²) in [5, 5.41) is 16.7. The van der Waals surface area contributed by atoms with E-state index in [4.69, 9.17) is 0 Å². The van der Waals surface area contributed by atoms with Gasteiger partial charge in [-0.05, 0) is 29.9 Å². The first-order valence-electron chi connectivity index (χ1n) is 6.60. The van der Waals surface area contributed by atoms with Crippen molar-refractivity contribution in [1.29, 1.82) is 0 Å². The van der Waals surface area contributed by atoms with Crippen LogP contribution in [-0.4, -0.2) is 24.4 Å². The molecule has 1 unspecified atom stereocenters. The van der Waals surface area contributed by atoms with Crippen LogP contribution in [0.3, 0.4) is 0 Å². The molecule has 0 spiro atoms. The summed E-state index contributed by atoms with van der Waals surface area (Å²) >= 11 is 0. The molecule has 0 aliphatic heterocycles. The normalized spacial score (nSPS) is 19.2. The van der Waals surface area contributed by atoms with E-state index in [1.165, 1.54) is 6.07 Å². The molecule has 2 rings (SSSR count). The van der Waals surface area contributed by atoms with E-state index in [-0.39, 0.29) is 16.7 Å². The van der Waals surface area contributed by atoms with Gasteiger partial charge in [-0.25, -0.2) is 0 Å². The quantitative estimate of drug-likeness (QED) is 0.639. The van der Waals surface area contributed by atoms with E-state index >= 15 is 0 Å². The van der Waals surface area contributed by atoms with E-state index in [0.29, 0.717) is 18.2 Å². The average Bonchev–Trinajstić information content (AvgIpc) is 3.02. The number of nitrogens with zero attached hydrogens (tertiary/aromatic N) is 1. The van der Waals surface area contributed by atoms with E-state index in [9.17, 15) is 14.9 Å². The lowest BCUT2D eigenvalue weighted by Gasteiger charge is -2.09. The number of carbonyl (C=O) groups is 1. The summed E-state index contributed by atoms with van der Waals surface area (Å²) in [5.41, 5.74) is 0.531.